The Morgan fingerprint density at radius 3 is 2.58 bits per heavy atom. The maximum atomic E-state index is 10.2. The second-order valence-corrected chi connectivity index (χ2v) is 6.12. The molecule has 19 heavy (non-hydrogen) atoms. The number of rotatable bonds is 7. The Morgan fingerprint density at radius 2 is 2.00 bits per heavy atom. The zero-order valence-corrected chi connectivity index (χ0v) is 12.0. The first-order chi connectivity index (χ1) is 9.06. The second kappa shape index (κ2) is 6.51. The predicted octanol–water partition coefficient (Wildman–Crippen LogP) is 1.51. The first kappa shape index (κ1) is 14.5. The highest BCUT2D eigenvalue weighted by Gasteiger charge is 2.33. The number of benzene rings is 1. The van der Waals surface area contributed by atoms with Crippen LogP contribution in [-0.4, -0.2) is 42.3 Å². The molecule has 1 saturated carbocycles. The number of nitrogens with zero attached hydrogens (tertiary/aromatic N) is 1. The van der Waals surface area contributed by atoms with Gasteiger partial charge in [-0.25, -0.2) is 0 Å². The van der Waals surface area contributed by atoms with Crippen molar-refractivity contribution < 1.29 is 5.11 Å². The number of hydrogen-bond donors (Lipinski definition) is 2. The molecule has 0 heterocycles. The van der Waals surface area contributed by atoms with Gasteiger partial charge in [-0.05, 0) is 37.3 Å². The molecule has 3 N–H and O–H groups in total. The number of aliphatic hydroxyl groups is 1. The highest BCUT2D eigenvalue weighted by molar-refractivity contribution is 5.16. The smallest absolute Gasteiger partial charge is 0.0820 e. The van der Waals surface area contributed by atoms with Gasteiger partial charge in [-0.3, -0.25) is 0 Å². The lowest BCUT2D eigenvalue weighted by atomic mass is 10.0. The summed E-state index contributed by atoms with van der Waals surface area (Å²) in [5.74, 6) is 1.68. The molecule has 0 saturated heterocycles. The van der Waals surface area contributed by atoms with Crippen molar-refractivity contribution in [1.29, 1.82) is 0 Å². The Hall–Kier alpha value is -0.900. The van der Waals surface area contributed by atoms with Crippen molar-refractivity contribution in [3.05, 3.63) is 35.9 Å². The first-order valence-corrected chi connectivity index (χ1v) is 7.22. The van der Waals surface area contributed by atoms with Crippen molar-refractivity contribution in [3.8, 4) is 0 Å². The number of nitrogens with two attached hydrogens (primary N) is 1. The van der Waals surface area contributed by atoms with E-state index in [2.05, 4.69) is 31.0 Å². The van der Waals surface area contributed by atoms with E-state index in [0.717, 1.165) is 24.8 Å². The van der Waals surface area contributed by atoms with E-state index in [1.165, 1.54) is 12.0 Å². The third-order valence-corrected chi connectivity index (χ3v) is 4.13. The van der Waals surface area contributed by atoms with Crippen LogP contribution in [0.15, 0.2) is 30.3 Å². The summed E-state index contributed by atoms with van der Waals surface area (Å²) in [6, 6.07) is 9.94. The topological polar surface area (TPSA) is 49.5 Å². The average Bonchev–Trinajstić information content (AvgIpc) is 3.05. The zero-order valence-electron chi connectivity index (χ0n) is 12.0. The van der Waals surface area contributed by atoms with E-state index >= 15 is 0 Å². The normalized spacial score (nSPS) is 25.3. The maximum absolute atomic E-state index is 10.2. The SMILES string of the molecule is CC1CC1CN(C)CC(O)C(N)Cc1ccccc1. The van der Waals surface area contributed by atoms with Crippen LogP contribution in [0.25, 0.3) is 0 Å². The fourth-order valence-electron chi connectivity index (χ4n) is 2.61. The van der Waals surface area contributed by atoms with Crippen LogP contribution in [-0.2, 0) is 6.42 Å². The summed E-state index contributed by atoms with van der Waals surface area (Å²) in [4.78, 5) is 2.21. The standard InChI is InChI=1S/C16H26N2O/c1-12-8-14(12)10-18(2)11-16(19)15(17)9-13-6-4-3-5-7-13/h3-7,12,14-16,19H,8-11,17H2,1-2H3. The lowest BCUT2D eigenvalue weighted by Crippen LogP contribution is -2.44. The van der Waals surface area contributed by atoms with Gasteiger partial charge in [0.05, 0.1) is 6.10 Å². The molecule has 4 unspecified atom stereocenters. The van der Waals surface area contributed by atoms with Gasteiger partial charge in [0, 0.05) is 19.1 Å². The Kier molecular flexibility index (Phi) is 4.97. The van der Waals surface area contributed by atoms with E-state index < -0.39 is 6.10 Å². The molecule has 4 atom stereocenters. The predicted molar refractivity (Wildman–Crippen MR) is 78.9 cm³/mol. The van der Waals surface area contributed by atoms with Gasteiger partial charge in [0.2, 0.25) is 0 Å². The third-order valence-electron chi connectivity index (χ3n) is 4.13. The average molecular weight is 262 g/mol. The summed E-state index contributed by atoms with van der Waals surface area (Å²) in [5.41, 5.74) is 7.28. The summed E-state index contributed by atoms with van der Waals surface area (Å²) >= 11 is 0. The summed E-state index contributed by atoms with van der Waals surface area (Å²) in [7, 11) is 2.07. The van der Waals surface area contributed by atoms with Crippen molar-refractivity contribution in [2.24, 2.45) is 17.6 Å². The van der Waals surface area contributed by atoms with E-state index in [-0.39, 0.29) is 6.04 Å². The lowest BCUT2D eigenvalue weighted by molar-refractivity contribution is 0.0995. The van der Waals surface area contributed by atoms with E-state index in [1.807, 2.05) is 18.2 Å². The minimum absolute atomic E-state index is 0.193. The molecule has 1 aliphatic rings. The van der Waals surface area contributed by atoms with Crippen LogP contribution in [0.2, 0.25) is 0 Å². The molecular formula is C16H26N2O. The van der Waals surface area contributed by atoms with Gasteiger partial charge in [0.25, 0.3) is 0 Å². The number of aliphatic hydroxyl groups excluding tert-OH is 1. The van der Waals surface area contributed by atoms with Crippen LogP contribution in [0, 0.1) is 11.8 Å². The summed E-state index contributed by atoms with van der Waals surface area (Å²) in [6.07, 6.45) is 1.60. The molecule has 0 amide bonds. The van der Waals surface area contributed by atoms with Gasteiger partial charge < -0.3 is 15.7 Å². The molecule has 1 aromatic carbocycles. The second-order valence-electron chi connectivity index (χ2n) is 6.12. The van der Waals surface area contributed by atoms with Crippen molar-refractivity contribution in [1.82, 2.24) is 4.90 Å². The fourth-order valence-corrected chi connectivity index (χ4v) is 2.61. The molecular weight excluding hydrogens is 236 g/mol. The lowest BCUT2D eigenvalue weighted by Gasteiger charge is -2.25. The first-order valence-electron chi connectivity index (χ1n) is 7.22. The Balaban J connectivity index is 1.73. The molecule has 0 spiro atoms. The maximum Gasteiger partial charge on any atom is 0.0820 e. The molecule has 3 heteroatoms. The van der Waals surface area contributed by atoms with Crippen LogP contribution in [0.5, 0.6) is 0 Å². The number of likely N-dealkylation sites (N-methyl/N-ethyl adjacent to an activating group) is 1. The van der Waals surface area contributed by atoms with Crippen LogP contribution >= 0.6 is 0 Å². The molecule has 1 fully saturated rings. The highest BCUT2D eigenvalue weighted by Crippen LogP contribution is 2.37. The molecule has 0 bridgehead atoms. The van der Waals surface area contributed by atoms with Gasteiger partial charge >= 0.3 is 0 Å². The fraction of sp³-hybridized carbons (Fsp3) is 0.625. The van der Waals surface area contributed by atoms with Gasteiger partial charge in [-0.2, -0.15) is 0 Å². The summed E-state index contributed by atoms with van der Waals surface area (Å²) < 4.78 is 0. The van der Waals surface area contributed by atoms with Crippen molar-refractivity contribution in [2.45, 2.75) is 31.9 Å². The van der Waals surface area contributed by atoms with E-state index in [1.54, 1.807) is 0 Å². The van der Waals surface area contributed by atoms with Crippen molar-refractivity contribution in [2.75, 3.05) is 20.1 Å². The Bertz CT molecular complexity index is 382. The zero-order chi connectivity index (χ0) is 13.8. The molecule has 0 aliphatic heterocycles. The Labute approximate surface area is 116 Å². The van der Waals surface area contributed by atoms with Crippen LogP contribution < -0.4 is 5.73 Å². The molecule has 1 aliphatic carbocycles. The highest BCUT2D eigenvalue weighted by atomic mass is 16.3. The molecule has 1 aromatic rings. The molecule has 0 radical (unpaired) electrons. The molecule has 0 aromatic heterocycles. The number of hydrogen-bond acceptors (Lipinski definition) is 3. The minimum Gasteiger partial charge on any atom is -0.390 e. The van der Waals surface area contributed by atoms with Crippen molar-refractivity contribution in [3.63, 3.8) is 0 Å². The van der Waals surface area contributed by atoms with Gasteiger partial charge in [0.1, 0.15) is 0 Å². The molecule has 106 valence electrons. The largest absolute Gasteiger partial charge is 0.390 e. The van der Waals surface area contributed by atoms with Gasteiger partial charge in [-0.15, -0.1) is 0 Å². The molecule has 2 rings (SSSR count). The quantitative estimate of drug-likeness (QED) is 0.783. The summed E-state index contributed by atoms with van der Waals surface area (Å²) in [6.45, 7) is 4.03. The summed E-state index contributed by atoms with van der Waals surface area (Å²) in [5, 5.41) is 10.2. The van der Waals surface area contributed by atoms with Crippen LogP contribution in [0.1, 0.15) is 18.9 Å². The minimum atomic E-state index is -0.459. The molecule has 3 nitrogen and oxygen atoms in total. The van der Waals surface area contributed by atoms with Crippen LogP contribution in [0.4, 0.5) is 0 Å². The van der Waals surface area contributed by atoms with Crippen molar-refractivity contribution >= 4 is 0 Å². The van der Waals surface area contributed by atoms with Crippen LogP contribution in [0.3, 0.4) is 0 Å². The van der Waals surface area contributed by atoms with Gasteiger partial charge in [0.15, 0.2) is 0 Å². The monoisotopic (exact) mass is 262 g/mol. The van der Waals surface area contributed by atoms with Gasteiger partial charge in [-0.1, -0.05) is 37.3 Å². The Morgan fingerprint density at radius 1 is 1.37 bits per heavy atom. The van der Waals surface area contributed by atoms with E-state index in [0.29, 0.717) is 6.54 Å². The van der Waals surface area contributed by atoms with E-state index in [9.17, 15) is 5.11 Å². The van der Waals surface area contributed by atoms with E-state index in [4.69, 9.17) is 5.73 Å². The third kappa shape index (κ3) is 4.60.